The van der Waals surface area contributed by atoms with Crippen LogP contribution in [0.25, 0.3) is 0 Å². The Morgan fingerprint density at radius 1 is 1.33 bits per heavy atom. The third kappa shape index (κ3) is 3.98. The molecule has 1 aliphatic carbocycles. The van der Waals surface area contributed by atoms with E-state index < -0.39 is 5.60 Å². The Labute approximate surface area is 130 Å². The maximum Gasteiger partial charge on any atom is 0.236 e. The van der Waals surface area contributed by atoms with Crippen molar-refractivity contribution < 1.29 is 9.26 Å². The minimum atomic E-state index is -0.397. The molecule has 0 spiro atoms. The molecule has 0 saturated heterocycles. The van der Waals surface area contributed by atoms with Crippen molar-refractivity contribution >= 4 is 11.8 Å². The summed E-state index contributed by atoms with van der Waals surface area (Å²) >= 11 is 1.48. The van der Waals surface area contributed by atoms with Gasteiger partial charge in [0.15, 0.2) is 0 Å². The van der Waals surface area contributed by atoms with Crippen LogP contribution in [0.3, 0.4) is 0 Å². The summed E-state index contributed by atoms with van der Waals surface area (Å²) in [6, 6.07) is 2.09. The Kier molecular flexibility index (Phi) is 5.28. The van der Waals surface area contributed by atoms with Crippen LogP contribution < -0.4 is 0 Å². The van der Waals surface area contributed by atoms with Gasteiger partial charge in [-0.2, -0.15) is 10.2 Å². The van der Waals surface area contributed by atoms with E-state index in [-0.39, 0.29) is 0 Å². The van der Waals surface area contributed by atoms with E-state index >= 15 is 0 Å². The molecule has 0 bridgehead atoms. The number of thioether (sulfide) groups is 1. The number of nitriles is 1. The highest BCUT2D eigenvalue weighted by molar-refractivity contribution is 7.98. The highest BCUT2D eigenvalue weighted by Gasteiger charge is 2.43. The molecule has 1 saturated carbocycles. The number of nitrogens with zero attached hydrogens (tertiary/aromatic N) is 3. The zero-order valence-corrected chi connectivity index (χ0v) is 13.8. The van der Waals surface area contributed by atoms with E-state index in [0.29, 0.717) is 35.2 Å². The van der Waals surface area contributed by atoms with Gasteiger partial charge >= 0.3 is 0 Å². The topological polar surface area (TPSA) is 71.9 Å². The lowest BCUT2D eigenvalue weighted by atomic mass is 9.70. The number of hydrogen-bond donors (Lipinski definition) is 0. The van der Waals surface area contributed by atoms with Crippen molar-refractivity contribution in [3.63, 3.8) is 0 Å². The van der Waals surface area contributed by atoms with Crippen molar-refractivity contribution in [1.82, 2.24) is 10.1 Å². The summed E-state index contributed by atoms with van der Waals surface area (Å²) in [4.78, 5) is 4.51. The fourth-order valence-electron chi connectivity index (χ4n) is 2.72. The van der Waals surface area contributed by atoms with Crippen molar-refractivity contribution in [2.24, 2.45) is 5.41 Å². The molecule has 0 N–H and O–H groups in total. The number of ether oxygens (including phenoxy) is 1. The van der Waals surface area contributed by atoms with Gasteiger partial charge in [-0.1, -0.05) is 19.0 Å². The summed E-state index contributed by atoms with van der Waals surface area (Å²) in [5.41, 5.74) is -0.0400. The molecule has 0 aromatic carbocycles. The normalized spacial score (nSPS) is 20.1. The number of rotatable bonds is 6. The molecule has 1 fully saturated rings. The molecule has 2 rings (SSSR count). The Bertz CT molecular complexity index is 497. The maximum absolute atomic E-state index is 8.56. The average molecular weight is 309 g/mol. The van der Waals surface area contributed by atoms with Crippen LogP contribution in [0, 0.1) is 16.7 Å². The maximum atomic E-state index is 8.56. The summed E-state index contributed by atoms with van der Waals surface area (Å²) in [7, 11) is 0. The van der Waals surface area contributed by atoms with Crippen molar-refractivity contribution in [2.45, 2.75) is 57.8 Å². The zero-order chi connectivity index (χ0) is 15.3. The lowest BCUT2D eigenvalue weighted by Crippen LogP contribution is -2.38. The first-order valence-corrected chi connectivity index (χ1v) is 8.58. The summed E-state index contributed by atoms with van der Waals surface area (Å²) in [6.07, 6.45) is 4.05. The summed E-state index contributed by atoms with van der Waals surface area (Å²) < 4.78 is 11.4. The Morgan fingerprint density at radius 2 is 2.05 bits per heavy atom. The Hall–Kier alpha value is -1.06. The van der Waals surface area contributed by atoms with E-state index in [1.54, 1.807) is 0 Å². The summed E-state index contributed by atoms with van der Waals surface area (Å²) in [6.45, 7) is 7.24. The molecule has 1 heterocycles. The molecule has 0 aliphatic heterocycles. The second kappa shape index (κ2) is 6.80. The molecule has 5 nitrogen and oxygen atoms in total. The van der Waals surface area contributed by atoms with Gasteiger partial charge in [-0.15, -0.1) is 11.8 Å². The van der Waals surface area contributed by atoms with Gasteiger partial charge in [0.05, 0.1) is 17.6 Å². The van der Waals surface area contributed by atoms with Crippen LogP contribution >= 0.6 is 11.8 Å². The first-order valence-electron chi connectivity index (χ1n) is 7.43. The van der Waals surface area contributed by atoms with Gasteiger partial charge in [0, 0.05) is 6.61 Å². The minimum Gasteiger partial charge on any atom is -0.367 e. The molecule has 0 radical (unpaired) electrons. The summed E-state index contributed by atoms with van der Waals surface area (Å²) in [5.74, 6) is 2.26. The predicted octanol–water partition coefficient (Wildman–Crippen LogP) is 3.66. The van der Waals surface area contributed by atoms with Gasteiger partial charge < -0.3 is 9.26 Å². The largest absolute Gasteiger partial charge is 0.367 e. The molecule has 21 heavy (non-hydrogen) atoms. The zero-order valence-electron chi connectivity index (χ0n) is 13.0. The van der Waals surface area contributed by atoms with Gasteiger partial charge in [0.1, 0.15) is 5.60 Å². The lowest BCUT2D eigenvalue weighted by molar-refractivity contribution is -0.0957. The summed E-state index contributed by atoms with van der Waals surface area (Å²) in [5, 5.41) is 12.7. The third-order valence-corrected chi connectivity index (χ3v) is 4.88. The van der Waals surface area contributed by atoms with Crippen LogP contribution in [0.1, 0.15) is 58.2 Å². The van der Waals surface area contributed by atoms with Crippen LogP contribution in [0.2, 0.25) is 0 Å². The lowest BCUT2D eigenvalue weighted by Gasteiger charge is -2.41. The highest BCUT2D eigenvalue weighted by atomic mass is 32.2. The van der Waals surface area contributed by atoms with E-state index in [1.165, 1.54) is 11.8 Å². The third-order valence-electron chi connectivity index (χ3n) is 4.10. The number of hydrogen-bond acceptors (Lipinski definition) is 6. The number of aromatic nitrogens is 2. The first-order chi connectivity index (χ1) is 10.0. The predicted molar refractivity (Wildman–Crippen MR) is 81.6 cm³/mol. The second-order valence-electron chi connectivity index (χ2n) is 6.25. The van der Waals surface area contributed by atoms with Crippen LogP contribution in [0.5, 0.6) is 0 Å². The van der Waals surface area contributed by atoms with Crippen LogP contribution in [-0.2, 0) is 16.1 Å². The Morgan fingerprint density at radius 3 is 2.67 bits per heavy atom. The van der Waals surface area contributed by atoms with Crippen molar-refractivity contribution in [2.75, 3.05) is 12.4 Å². The van der Waals surface area contributed by atoms with Crippen molar-refractivity contribution in [3.05, 3.63) is 11.7 Å². The molecular formula is C15H23N3O2S. The molecule has 6 heteroatoms. The van der Waals surface area contributed by atoms with E-state index in [2.05, 4.69) is 30.1 Å². The van der Waals surface area contributed by atoms with Crippen molar-refractivity contribution in [1.29, 1.82) is 5.26 Å². The standard InChI is InChI=1S/C15H23N3O2S/c1-4-19-15(7-5-14(2,3)6-8-15)13-17-12(20-18-13)11-21-10-9-16/h4-8,10-11H2,1-3H3. The quantitative estimate of drug-likeness (QED) is 0.747. The molecule has 0 amide bonds. The second-order valence-corrected chi connectivity index (χ2v) is 7.24. The molecule has 1 aromatic rings. The Balaban J connectivity index is 2.10. The molecular weight excluding hydrogens is 286 g/mol. The van der Waals surface area contributed by atoms with Crippen LogP contribution in [-0.4, -0.2) is 22.5 Å². The van der Waals surface area contributed by atoms with E-state index in [4.69, 9.17) is 14.5 Å². The van der Waals surface area contributed by atoms with Gasteiger partial charge in [-0.3, -0.25) is 0 Å². The van der Waals surface area contributed by atoms with E-state index in [9.17, 15) is 0 Å². The molecule has 116 valence electrons. The van der Waals surface area contributed by atoms with E-state index in [0.717, 1.165) is 25.7 Å². The molecule has 0 unspecified atom stereocenters. The van der Waals surface area contributed by atoms with E-state index in [1.807, 2.05) is 6.92 Å². The smallest absolute Gasteiger partial charge is 0.236 e. The van der Waals surface area contributed by atoms with Gasteiger partial charge in [0.25, 0.3) is 0 Å². The van der Waals surface area contributed by atoms with Crippen molar-refractivity contribution in [3.8, 4) is 6.07 Å². The fourth-order valence-corrected chi connectivity index (χ4v) is 3.21. The van der Waals surface area contributed by atoms with Crippen LogP contribution in [0.15, 0.2) is 4.52 Å². The SMILES string of the molecule is CCOC1(c2noc(CSCC#N)n2)CCC(C)(C)CC1. The monoisotopic (exact) mass is 309 g/mol. The van der Waals surface area contributed by atoms with Crippen LogP contribution in [0.4, 0.5) is 0 Å². The molecule has 1 aliphatic rings. The van der Waals surface area contributed by atoms with Gasteiger partial charge in [-0.25, -0.2) is 0 Å². The van der Waals surface area contributed by atoms with Gasteiger partial charge in [0.2, 0.25) is 11.7 Å². The minimum absolute atomic E-state index is 0.357. The average Bonchev–Trinajstić information content (AvgIpc) is 2.91. The molecule has 1 aromatic heterocycles. The van der Waals surface area contributed by atoms with Gasteiger partial charge in [-0.05, 0) is 38.0 Å². The molecule has 0 atom stereocenters. The first kappa shape index (κ1) is 16.3. The fraction of sp³-hybridized carbons (Fsp3) is 0.800. The highest BCUT2D eigenvalue weighted by Crippen LogP contribution is 2.46.